The summed E-state index contributed by atoms with van der Waals surface area (Å²) >= 11 is 0. The van der Waals surface area contributed by atoms with Crippen molar-refractivity contribution in [2.45, 2.75) is 19.0 Å². The third kappa shape index (κ3) is 4.14. The SMILES string of the molecule is COc1ccc(-c2ncc3c(cc(CN4CC[C@H](N)C4)n3C)c2-c2ccc(C#N)c(F)c2)cc1F. The molecule has 0 unspecified atom stereocenters. The van der Waals surface area contributed by atoms with E-state index in [9.17, 15) is 14.0 Å². The van der Waals surface area contributed by atoms with E-state index in [1.165, 1.54) is 25.3 Å². The van der Waals surface area contributed by atoms with Gasteiger partial charge in [0.1, 0.15) is 11.9 Å². The quantitative estimate of drug-likeness (QED) is 0.458. The number of rotatable bonds is 5. The summed E-state index contributed by atoms with van der Waals surface area (Å²) in [5, 5.41) is 10.1. The first-order valence-corrected chi connectivity index (χ1v) is 11.4. The zero-order valence-electron chi connectivity index (χ0n) is 19.6. The van der Waals surface area contributed by atoms with Gasteiger partial charge in [0.15, 0.2) is 11.6 Å². The van der Waals surface area contributed by atoms with Gasteiger partial charge in [0.2, 0.25) is 0 Å². The summed E-state index contributed by atoms with van der Waals surface area (Å²) in [5.74, 6) is -0.995. The van der Waals surface area contributed by atoms with Gasteiger partial charge in [0.25, 0.3) is 0 Å². The molecule has 0 radical (unpaired) electrons. The van der Waals surface area contributed by atoms with E-state index in [0.29, 0.717) is 22.4 Å². The van der Waals surface area contributed by atoms with Gasteiger partial charge in [-0.2, -0.15) is 5.26 Å². The molecule has 4 aromatic rings. The normalized spacial score (nSPS) is 16.1. The fourth-order valence-electron chi connectivity index (χ4n) is 4.82. The Bertz CT molecular complexity index is 1470. The van der Waals surface area contributed by atoms with Gasteiger partial charge in [0, 0.05) is 54.9 Å². The van der Waals surface area contributed by atoms with E-state index in [2.05, 4.69) is 15.5 Å². The van der Waals surface area contributed by atoms with Crippen LogP contribution in [-0.4, -0.2) is 40.7 Å². The van der Waals surface area contributed by atoms with Crippen LogP contribution in [-0.2, 0) is 13.6 Å². The van der Waals surface area contributed by atoms with Crippen molar-refractivity contribution >= 4 is 10.9 Å². The van der Waals surface area contributed by atoms with E-state index in [1.807, 2.05) is 13.1 Å². The molecule has 2 aromatic heterocycles. The minimum absolute atomic E-state index is 0.0370. The molecule has 5 rings (SSSR count). The molecule has 2 N–H and O–H groups in total. The van der Waals surface area contributed by atoms with Gasteiger partial charge in [-0.05, 0) is 48.4 Å². The van der Waals surface area contributed by atoms with Crippen molar-refractivity contribution in [3.63, 3.8) is 0 Å². The Hall–Kier alpha value is -3.80. The standard InChI is InChI=1S/C27H25F2N5O/c1-33-20(15-34-8-7-19(31)14-34)11-21-24(33)13-32-27(17-5-6-25(35-2)23(29)10-17)26(21)16-3-4-18(12-30)22(28)9-16/h3-6,9-11,13,19H,7-8,14-15,31H2,1-2H3/t19-/m0/s1. The summed E-state index contributed by atoms with van der Waals surface area (Å²) in [5.41, 5.74) is 10.3. The molecule has 1 aliphatic rings. The molecule has 1 atom stereocenters. The Balaban J connectivity index is 1.72. The smallest absolute Gasteiger partial charge is 0.165 e. The van der Waals surface area contributed by atoms with Crippen LogP contribution in [0, 0.1) is 23.0 Å². The monoisotopic (exact) mass is 473 g/mol. The fourth-order valence-corrected chi connectivity index (χ4v) is 4.82. The van der Waals surface area contributed by atoms with E-state index in [4.69, 9.17) is 15.5 Å². The molecule has 178 valence electrons. The number of fused-ring (bicyclic) bond motifs is 1. The second kappa shape index (κ2) is 9.10. The van der Waals surface area contributed by atoms with Gasteiger partial charge in [-0.15, -0.1) is 0 Å². The van der Waals surface area contributed by atoms with Crippen molar-refractivity contribution in [2.24, 2.45) is 12.8 Å². The highest BCUT2D eigenvalue weighted by Crippen LogP contribution is 2.39. The summed E-state index contributed by atoms with van der Waals surface area (Å²) in [6.45, 7) is 2.50. The molecule has 6 nitrogen and oxygen atoms in total. The Labute approximate surface area is 202 Å². The number of aromatic nitrogens is 2. The number of nitrogens with zero attached hydrogens (tertiary/aromatic N) is 4. The molecule has 2 aromatic carbocycles. The average Bonchev–Trinajstić information content (AvgIpc) is 3.40. The second-order valence-corrected chi connectivity index (χ2v) is 8.92. The lowest BCUT2D eigenvalue weighted by atomic mass is 9.95. The summed E-state index contributed by atoms with van der Waals surface area (Å²) in [4.78, 5) is 7.00. The number of aryl methyl sites for hydroxylation is 1. The first-order valence-electron chi connectivity index (χ1n) is 11.4. The number of nitriles is 1. The summed E-state index contributed by atoms with van der Waals surface area (Å²) < 4.78 is 36.4. The van der Waals surface area contributed by atoms with E-state index in [1.54, 1.807) is 24.4 Å². The Morgan fingerprint density at radius 3 is 2.57 bits per heavy atom. The van der Waals surface area contributed by atoms with Gasteiger partial charge in [0.05, 0.1) is 30.1 Å². The number of pyridine rings is 1. The van der Waals surface area contributed by atoms with Gasteiger partial charge < -0.3 is 15.0 Å². The number of benzene rings is 2. The van der Waals surface area contributed by atoms with Crippen LogP contribution in [0.25, 0.3) is 33.3 Å². The predicted octanol–water partition coefficient (Wildman–Crippen LogP) is 4.60. The zero-order chi connectivity index (χ0) is 24.7. The largest absolute Gasteiger partial charge is 0.494 e. The van der Waals surface area contributed by atoms with Crippen LogP contribution in [0.4, 0.5) is 8.78 Å². The van der Waals surface area contributed by atoms with Crippen LogP contribution >= 0.6 is 0 Å². The molecule has 1 aliphatic heterocycles. The number of nitrogens with two attached hydrogens (primary N) is 1. The third-order valence-corrected chi connectivity index (χ3v) is 6.70. The molecule has 0 amide bonds. The van der Waals surface area contributed by atoms with Crippen LogP contribution in [0.1, 0.15) is 17.7 Å². The topological polar surface area (TPSA) is 80.1 Å². The molecule has 1 saturated heterocycles. The minimum atomic E-state index is -0.615. The highest BCUT2D eigenvalue weighted by atomic mass is 19.1. The Kier molecular flexibility index (Phi) is 5.97. The van der Waals surface area contributed by atoms with Crippen molar-refractivity contribution < 1.29 is 13.5 Å². The van der Waals surface area contributed by atoms with E-state index >= 15 is 0 Å². The summed E-state index contributed by atoms with van der Waals surface area (Å²) in [6.07, 6.45) is 2.73. The molecule has 0 spiro atoms. The van der Waals surface area contributed by atoms with Crippen molar-refractivity contribution in [2.75, 3.05) is 20.2 Å². The van der Waals surface area contributed by atoms with Gasteiger partial charge >= 0.3 is 0 Å². The average molecular weight is 474 g/mol. The minimum Gasteiger partial charge on any atom is -0.494 e. The predicted molar refractivity (Wildman–Crippen MR) is 131 cm³/mol. The molecule has 0 aliphatic carbocycles. The van der Waals surface area contributed by atoms with Crippen molar-refractivity contribution in [1.82, 2.24) is 14.5 Å². The van der Waals surface area contributed by atoms with Crippen LogP contribution in [0.3, 0.4) is 0 Å². The first kappa shape index (κ1) is 23.0. The zero-order valence-corrected chi connectivity index (χ0v) is 19.6. The van der Waals surface area contributed by atoms with E-state index in [-0.39, 0.29) is 17.4 Å². The number of halogens is 2. The van der Waals surface area contributed by atoms with Crippen LogP contribution in [0.15, 0.2) is 48.7 Å². The third-order valence-electron chi connectivity index (χ3n) is 6.70. The molecule has 1 fully saturated rings. The lowest BCUT2D eigenvalue weighted by molar-refractivity contribution is 0.319. The maximum Gasteiger partial charge on any atom is 0.165 e. The molecule has 35 heavy (non-hydrogen) atoms. The molecule has 0 saturated carbocycles. The molecular weight excluding hydrogens is 448 g/mol. The van der Waals surface area contributed by atoms with Crippen molar-refractivity contribution in [3.05, 3.63) is 71.6 Å². The first-order chi connectivity index (χ1) is 16.9. The van der Waals surface area contributed by atoms with Crippen molar-refractivity contribution in [3.8, 4) is 34.2 Å². The number of ether oxygens (including phenoxy) is 1. The molecule has 0 bridgehead atoms. The lowest BCUT2D eigenvalue weighted by Gasteiger charge is -2.15. The van der Waals surface area contributed by atoms with Crippen molar-refractivity contribution in [1.29, 1.82) is 5.26 Å². The Morgan fingerprint density at radius 1 is 1.14 bits per heavy atom. The number of likely N-dealkylation sites (tertiary alicyclic amines) is 1. The van der Waals surface area contributed by atoms with Crippen LogP contribution < -0.4 is 10.5 Å². The van der Waals surface area contributed by atoms with E-state index in [0.717, 1.165) is 42.7 Å². The maximum absolute atomic E-state index is 14.7. The van der Waals surface area contributed by atoms with Gasteiger partial charge in [-0.25, -0.2) is 8.78 Å². The van der Waals surface area contributed by atoms with Crippen LogP contribution in [0.5, 0.6) is 5.75 Å². The van der Waals surface area contributed by atoms with E-state index < -0.39 is 11.6 Å². The highest BCUT2D eigenvalue weighted by Gasteiger charge is 2.23. The Morgan fingerprint density at radius 2 is 1.91 bits per heavy atom. The fraction of sp³-hybridized carbons (Fsp3) is 0.259. The maximum atomic E-state index is 14.7. The summed E-state index contributed by atoms with van der Waals surface area (Å²) in [6, 6.07) is 13.3. The highest BCUT2D eigenvalue weighted by molar-refractivity contribution is 6.02. The lowest BCUT2D eigenvalue weighted by Crippen LogP contribution is -2.26. The molecule has 3 heterocycles. The number of methoxy groups -OCH3 is 1. The molecular formula is C27H25F2N5O. The van der Waals surface area contributed by atoms with Gasteiger partial charge in [-0.3, -0.25) is 9.88 Å². The number of hydrogen-bond donors (Lipinski definition) is 1. The molecule has 8 heteroatoms. The second-order valence-electron chi connectivity index (χ2n) is 8.92. The summed E-state index contributed by atoms with van der Waals surface area (Å²) in [7, 11) is 3.39. The van der Waals surface area contributed by atoms with Crippen LogP contribution in [0.2, 0.25) is 0 Å². The van der Waals surface area contributed by atoms with Gasteiger partial charge in [-0.1, -0.05) is 6.07 Å². The number of hydrogen-bond acceptors (Lipinski definition) is 5.